The van der Waals surface area contributed by atoms with Gasteiger partial charge in [-0.25, -0.2) is 20.0 Å². The van der Waals surface area contributed by atoms with E-state index in [1.54, 1.807) is 0 Å². The molecule has 4 aliphatic heterocycles. The van der Waals surface area contributed by atoms with Crippen molar-refractivity contribution in [3.05, 3.63) is 0 Å². The minimum Gasteiger partial charge on any atom is -0.394 e. The Kier molecular flexibility index (Phi) is 32.4. The molecule has 2 saturated carbocycles. The number of nitrogens with two attached hydrogens (primary N) is 8. The van der Waals surface area contributed by atoms with E-state index in [-0.39, 0.29) is 12.6 Å². The number of carbonyl (C=O) groups excluding carboxylic acids is 2. The zero-order valence-corrected chi connectivity index (χ0v) is 52.3. The number of aliphatic hydroxyl groups excluding tert-OH is 12. The summed E-state index contributed by atoms with van der Waals surface area (Å²) in [4.78, 5) is 39.4. The Morgan fingerprint density at radius 1 is 0.421 bits per heavy atom. The maximum atomic E-state index is 12.1. The van der Waals surface area contributed by atoms with Crippen LogP contribution in [0.5, 0.6) is 0 Å². The van der Waals surface area contributed by atoms with Crippen molar-refractivity contribution in [3.8, 4) is 0 Å². The summed E-state index contributed by atoms with van der Waals surface area (Å²) in [7, 11) is -11.2. The molecule has 0 aromatic heterocycles. The first kappa shape index (κ1) is 86.2. The molecule has 2 unspecified atom stereocenters. The van der Waals surface area contributed by atoms with E-state index in [9.17, 15) is 81.1 Å². The molecule has 4 heterocycles. The Balaban J connectivity index is 0.000000531. The third-order valence-corrected chi connectivity index (χ3v) is 14.7. The Morgan fingerprint density at radius 3 is 0.895 bits per heavy atom. The smallest absolute Gasteiger partial charge is 0.394 e. The van der Waals surface area contributed by atoms with Gasteiger partial charge in [-0.3, -0.25) is 36.9 Å². The monoisotopic (exact) mass is 1460 g/mol. The molecule has 53 heteroatoms. The molecule has 0 radical (unpaired) electrons. The van der Waals surface area contributed by atoms with E-state index >= 15 is 0 Å². The third-order valence-electron chi connectivity index (χ3n) is 14.7. The van der Waals surface area contributed by atoms with Crippen molar-refractivity contribution >= 4 is 67.6 Å². The predicted molar refractivity (Wildman–Crippen MR) is 308 cm³/mol. The highest BCUT2D eigenvalue weighted by molar-refractivity contribution is 7.80. The van der Waals surface area contributed by atoms with Crippen molar-refractivity contribution in [2.24, 2.45) is 65.8 Å². The number of ether oxygens (including phenoxy) is 8. The predicted octanol–water partition coefficient (Wildman–Crippen LogP) is -18.3. The van der Waals surface area contributed by atoms with Gasteiger partial charge >= 0.3 is 31.2 Å². The average molecular weight is 1460 g/mol. The SMILES string of the molecule is CN[C@@H]1[C@H](O[C@H]2[C@H](O[C@H]3[C@H](O)[C@H](O)[C@H](N=C(N)N)[C@@H](O)[C@H]3N=C(N)N)O[C@@H](C)C2(O)C=O)O[C@@H](CO)[C@H](O)[C@@H]1O.CN[C@@H]1[C@H](O[C@H]2[C@H](O[C@H]3[C@H](O)[C@H](O)[C@H](N=C(N)N)[C@@H](O)[C@H]3N=C(N)N)O[C@@H](C)C2(O)C=O)O[C@@H](CO)[C@H](O)[C@@H]1O.O=S(=O)(O)O.O=S(=O)(O)O.O=S(=O)(O)O. The number of nitrogens with zero attached hydrogens (tertiary/aromatic N) is 4. The van der Waals surface area contributed by atoms with Gasteiger partial charge in [0.05, 0.1) is 37.5 Å². The zero-order valence-electron chi connectivity index (χ0n) is 49.8. The molecule has 2 aliphatic carbocycles. The van der Waals surface area contributed by atoms with Gasteiger partial charge in [0.15, 0.2) is 72.8 Å². The summed E-state index contributed by atoms with van der Waals surface area (Å²) in [5.74, 6) is -2.07. The molecule has 95 heavy (non-hydrogen) atoms. The lowest BCUT2D eigenvalue weighted by Gasteiger charge is -2.45. The molecule has 0 amide bonds. The van der Waals surface area contributed by atoms with Crippen LogP contribution in [0.1, 0.15) is 13.8 Å². The highest BCUT2D eigenvalue weighted by Gasteiger charge is 2.63. The van der Waals surface area contributed by atoms with Crippen LogP contribution in [0.2, 0.25) is 0 Å². The molecule has 6 rings (SSSR count). The molecule has 50 nitrogen and oxygen atoms in total. The van der Waals surface area contributed by atoms with Crippen molar-refractivity contribution < 1.29 is 172 Å². The maximum Gasteiger partial charge on any atom is 0.394 e. The van der Waals surface area contributed by atoms with Crippen molar-refractivity contribution in [2.45, 2.75) is 196 Å². The molecule has 556 valence electrons. The molecular weight excluding hydrogens is 1370 g/mol. The normalized spacial score (nSPS) is 41.8. The molecule has 0 aromatic rings. The number of guanidine groups is 4. The molecule has 0 spiro atoms. The van der Waals surface area contributed by atoms with Crippen LogP contribution in [-0.4, -0.2) is 370 Å². The fourth-order valence-electron chi connectivity index (χ4n) is 10.2. The Labute approximate surface area is 537 Å². The highest BCUT2D eigenvalue weighted by atomic mass is 32.3. The van der Waals surface area contributed by atoms with Crippen LogP contribution in [0, 0.1) is 0 Å². The lowest BCUT2D eigenvalue weighted by atomic mass is 9.81. The van der Waals surface area contributed by atoms with Gasteiger partial charge in [0, 0.05) is 0 Å². The minimum atomic E-state index is -4.67. The van der Waals surface area contributed by atoms with E-state index in [1.165, 1.54) is 27.9 Å². The number of aliphatic imine (C=N–C) groups is 4. The molecule has 0 aromatic carbocycles. The van der Waals surface area contributed by atoms with Crippen molar-refractivity contribution in [3.63, 3.8) is 0 Å². The van der Waals surface area contributed by atoms with Gasteiger partial charge in [0.1, 0.15) is 122 Å². The molecule has 30 atom stereocenters. The van der Waals surface area contributed by atoms with Crippen molar-refractivity contribution in [1.29, 1.82) is 0 Å². The summed E-state index contributed by atoms with van der Waals surface area (Å²) in [6.45, 7) is 1.24. The molecule has 6 fully saturated rings. The third kappa shape index (κ3) is 23.6. The van der Waals surface area contributed by atoms with Crippen LogP contribution < -0.4 is 56.5 Å². The molecular formula is C42H84N14O36S3. The zero-order chi connectivity index (χ0) is 73.7. The number of hydrogen-bond donors (Lipinski definition) is 30. The first-order valence-electron chi connectivity index (χ1n) is 26.9. The number of aldehydes is 2. The van der Waals surface area contributed by atoms with Gasteiger partial charge < -0.3 is 166 Å². The number of carbonyl (C=O) groups is 2. The van der Waals surface area contributed by atoms with Crippen LogP contribution in [0.25, 0.3) is 0 Å². The van der Waals surface area contributed by atoms with Gasteiger partial charge in [-0.15, -0.1) is 0 Å². The van der Waals surface area contributed by atoms with Gasteiger partial charge in [-0.05, 0) is 27.9 Å². The fourth-order valence-corrected chi connectivity index (χ4v) is 10.2. The summed E-state index contributed by atoms with van der Waals surface area (Å²) in [5, 5.41) is 153. The van der Waals surface area contributed by atoms with Crippen LogP contribution in [0.15, 0.2) is 20.0 Å². The van der Waals surface area contributed by atoms with E-state index in [0.29, 0.717) is 0 Å². The van der Waals surface area contributed by atoms with Crippen molar-refractivity contribution in [2.75, 3.05) is 27.3 Å². The second-order valence-corrected chi connectivity index (χ2v) is 23.8. The van der Waals surface area contributed by atoms with Gasteiger partial charge in [-0.1, -0.05) is 0 Å². The average Bonchev–Trinajstić information content (AvgIpc) is 1.68. The van der Waals surface area contributed by atoms with Crippen LogP contribution in [-0.2, 0) is 78.7 Å². The fraction of sp³-hybridized carbons (Fsp3) is 0.857. The van der Waals surface area contributed by atoms with E-state index in [0.717, 1.165) is 0 Å². The Bertz CT molecular complexity index is 2680. The maximum absolute atomic E-state index is 12.1. The van der Waals surface area contributed by atoms with E-state index in [4.69, 9.17) is 136 Å². The van der Waals surface area contributed by atoms with Crippen LogP contribution >= 0.6 is 0 Å². The van der Waals surface area contributed by atoms with Crippen LogP contribution in [0.4, 0.5) is 0 Å². The largest absolute Gasteiger partial charge is 0.394 e. The standard InChI is InChI=1S/2C21H39N7O12.3H2O4S/c2*1-5-21(36,4-30)16(40-17-9(26-2)13(34)10(31)6(3-29)38-17)18(37-5)39-15-8(28-20(24)25)11(32)7(27-19(22)23)12(33)14(15)35;3*1-5(2,3)4/h2*4-18,26,29,31-36H,3H2,1-2H3,(H4,22,23,27)(H4,24,25,28);3*(H2,1,2,3,4)/t2*5-,6-,7+,8+,9-,10-,11+,12+,13+,14+,15+,16-,17-,18-,21?;;;/m00.../s1. The van der Waals surface area contributed by atoms with E-state index in [1.807, 2.05) is 0 Å². The Morgan fingerprint density at radius 2 is 0.674 bits per heavy atom. The number of aliphatic hydroxyl groups is 14. The topological polar surface area (TPSA) is 897 Å². The molecule has 4 saturated heterocycles. The number of nitrogens with one attached hydrogen (secondary N) is 2. The first-order valence-corrected chi connectivity index (χ1v) is 31.0. The van der Waals surface area contributed by atoms with E-state index < -0.39 is 251 Å². The lowest BCUT2D eigenvalue weighted by molar-refractivity contribution is -0.314. The minimum absolute atomic E-state index is 0.140. The second kappa shape index (κ2) is 35.7. The first-order chi connectivity index (χ1) is 43.4. The van der Waals surface area contributed by atoms with Crippen LogP contribution in [0.3, 0.4) is 0 Å². The van der Waals surface area contributed by atoms with Crippen molar-refractivity contribution in [1.82, 2.24) is 10.6 Å². The summed E-state index contributed by atoms with van der Waals surface area (Å²) in [6, 6.07) is -8.16. The molecule has 0 bridgehead atoms. The second-order valence-electron chi connectivity index (χ2n) is 21.1. The Hall–Kier alpha value is -4.93. The van der Waals surface area contributed by atoms with E-state index in [2.05, 4.69) is 30.6 Å². The summed E-state index contributed by atoms with van der Waals surface area (Å²) in [5.41, 5.74) is 38.8. The quantitative estimate of drug-likeness (QED) is 0.0262. The molecule has 6 aliphatic rings. The number of rotatable bonds is 18. The highest BCUT2D eigenvalue weighted by Crippen LogP contribution is 2.41. The summed E-state index contributed by atoms with van der Waals surface area (Å²) >= 11 is 0. The van der Waals surface area contributed by atoms with Gasteiger partial charge in [0.25, 0.3) is 0 Å². The summed E-state index contributed by atoms with van der Waals surface area (Å²) in [6.07, 6.45) is -34.6. The van der Waals surface area contributed by atoms with Gasteiger partial charge in [-0.2, -0.15) is 25.3 Å². The number of likely N-dealkylation sites (N-methyl/N-ethyl adjacent to an activating group) is 2. The molecule has 38 N–H and O–H groups in total. The summed E-state index contributed by atoms with van der Waals surface area (Å²) < 4.78 is 141. The lowest BCUT2D eigenvalue weighted by Crippen LogP contribution is -2.66. The van der Waals surface area contributed by atoms with Gasteiger partial charge in [0.2, 0.25) is 0 Å². The number of hydrogen-bond acceptors (Lipinski definition) is 36.